The first-order valence-electron chi connectivity index (χ1n) is 7.78. The van der Waals surface area contributed by atoms with E-state index in [-0.39, 0.29) is 24.1 Å². The summed E-state index contributed by atoms with van der Waals surface area (Å²) in [6, 6.07) is 1.10. The van der Waals surface area contributed by atoms with Gasteiger partial charge in [0.15, 0.2) is 5.82 Å². The number of carboxylic acids is 1. The molecule has 1 saturated heterocycles. The molecule has 0 bridgehead atoms. The van der Waals surface area contributed by atoms with Crippen molar-refractivity contribution in [1.82, 2.24) is 14.8 Å². The molecule has 7 nitrogen and oxygen atoms in total. The van der Waals surface area contributed by atoms with Gasteiger partial charge >= 0.3 is 5.97 Å². The first-order valence-corrected chi connectivity index (χ1v) is 7.78. The number of hydrogen-bond donors (Lipinski definition) is 1. The lowest BCUT2D eigenvalue weighted by Crippen LogP contribution is -2.43. The minimum Gasteiger partial charge on any atom is -0.480 e. The Morgan fingerprint density at radius 3 is 2.75 bits per heavy atom. The molecule has 2 heterocycles. The van der Waals surface area contributed by atoms with Crippen molar-refractivity contribution < 1.29 is 23.9 Å². The molecule has 1 aliphatic rings. The van der Waals surface area contributed by atoms with Crippen molar-refractivity contribution in [1.29, 1.82) is 0 Å². The summed E-state index contributed by atoms with van der Waals surface area (Å²) in [4.78, 5) is 41.6. The number of likely N-dealkylation sites (tertiary alicyclic amines) is 1. The van der Waals surface area contributed by atoms with E-state index in [2.05, 4.69) is 4.98 Å². The van der Waals surface area contributed by atoms with Crippen molar-refractivity contribution in [3.8, 4) is 0 Å². The van der Waals surface area contributed by atoms with Crippen LogP contribution in [-0.2, 0) is 9.59 Å². The molecular formula is C16H20FN3O4. The maximum absolute atomic E-state index is 13.7. The number of nitrogens with zero attached hydrogens (tertiary/aromatic N) is 3. The normalized spacial score (nSPS) is 17.9. The summed E-state index contributed by atoms with van der Waals surface area (Å²) < 4.78 is 13.7. The first kappa shape index (κ1) is 17.8. The summed E-state index contributed by atoms with van der Waals surface area (Å²) in [6.07, 6.45) is 4.05. The summed E-state index contributed by atoms with van der Waals surface area (Å²) in [5, 5.41) is 8.95. The van der Waals surface area contributed by atoms with Gasteiger partial charge in [-0.3, -0.25) is 19.4 Å². The molecule has 1 fully saturated rings. The number of pyridine rings is 1. The van der Waals surface area contributed by atoms with E-state index >= 15 is 0 Å². The molecule has 1 aromatic heterocycles. The zero-order valence-electron chi connectivity index (χ0n) is 13.4. The van der Waals surface area contributed by atoms with Crippen LogP contribution in [0.2, 0.25) is 0 Å². The molecule has 0 aliphatic carbocycles. The van der Waals surface area contributed by atoms with Crippen LogP contribution in [0.5, 0.6) is 0 Å². The van der Waals surface area contributed by atoms with Crippen molar-refractivity contribution in [3.63, 3.8) is 0 Å². The lowest BCUT2D eigenvalue weighted by molar-refractivity contribution is -0.145. The van der Waals surface area contributed by atoms with Crippen LogP contribution in [0.3, 0.4) is 0 Å². The van der Waals surface area contributed by atoms with Crippen LogP contribution in [-0.4, -0.2) is 63.4 Å². The monoisotopic (exact) mass is 337 g/mol. The highest BCUT2D eigenvalue weighted by molar-refractivity contribution is 5.94. The van der Waals surface area contributed by atoms with Gasteiger partial charge in [0.1, 0.15) is 6.54 Å². The number of carboxylic acid groups (broad SMARTS) is 1. The molecule has 130 valence electrons. The van der Waals surface area contributed by atoms with E-state index < -0.39 is 17.7 Å². The molecule has 2 amide bonds. The Morgan fingerprint density at radius 1 is 1.38 bits per heavy atom. The lowest BCUT2D eigenvalue weighted by atomic mass is 10.1. The number of hydrogen-bond acceptors (Lipinski definition) is 4. The zero-order valence-corrected chi connectivity index (χ0v) is 13.4. The average molecular weight is 337 g/mol. The molecular weight excluding hydrogens is 317 g/mol. The molecule has 2 rings (SSSR count). The van der Waals surface area contributed by atoms with Crippen molar-refractivity contribution in [3.05, 3.63) is 29.8 Å². The van der Waals surface area contributed by atoms with Gasteiger partial charge in [0.2, 0.25) is 5.91 Å². The third kappa shape index (κ3) is 4.27. The predicted octanol–water partition coefficient (Wildman–Crippen LogP) is 1.15. The Bertz CT molecular complexity index is 638. The molecule has 0 saturated carbocycles. The average Bonchev–Trinajstić information content (AvgIpc) is 2.78. The largest absolute Gasteiger partial charge is 0.480 e. The van der Waals surface area contributed by atoms with E-state index in [0.717, 1.165) is 6.20 Å². The molecule has 8 heteroatoms. The number of aliphatic carboxylic acids is 1. The van der Waals surface area contributed by atoms with Crippen molar-refractivity contribution >= 4 is 17.8 Å². The van der Waals surface area contributed by atoms with Gasteiger partial charge in [0, 0.05) is 32.3 Å². The van der Waals surface area contributed by atoms with E-state index in [1.165, 1.54) is 29.0 Å². The lowest BCUT2D eigenvalue weighted by Gasteiger charge is -2.28. The maximum Gasteiger partial charge on any atom is 0.323 e. The standard InChI is InChI=1S/C16H20FN3O4/c1-11(21)20(10-15(22)23)12-3-2-7-19(8-5-12)16(24)13-4-6-18-9-14(13)17/h4,6,9,12H,2-3,5,7-8,10H2,1H3,(H,22,23)/t12-/m1/s1. The second-order valence-electron chi connectivity index (χ2n) is 5.77. The molecule has 1 N–H and O–H groups in total. The van der Waals surface area contributed by atoms with Gasteiger partial charge in [-0.2, -0.15) is 0 Å². The van der Waals surface area contributed by atoms with Crippen LogP contribution < -0.4 is 0 Å². The van der Waals surface area contributed by atoms with Crippen molar-refractivity contribution in [2.75, 3.05) is 19.6 Å². The fraction of sp³-hybridized carbons (Fsp3) is 0.500. The third-order valence-corrected chi connectivity index (χ3v) is 4.14. The van der Waals surface area contributed by atoms with Gasteiger partial charge in [-0.1, -0.05) is 0 Å². The van der Waals surface area contributed by atoms with Crippen LogP contribution in [0.25, 0.3) is 0 Å². The van der Waals surface area contributed by atoms with Gasteiger partial charge < -0.3 is 14.9 Å². The summed E-state index contributed by atoms with van der Waals surface area (Å²) in [5.74, 6) is -2.45. The Hall–Kier alpha value is -2.51. The highest BCUT2D eigenvalue weighted by atomic mass is 19.1. The van der Waals surface area contributed by atoms with Crippen LogP contribution in [0, 0.1) is 5.82 Å². The summed E-state index contributed by atoms with van der Waals surface area (Å²) in [5.41, 5.74) is -0.0302. The predicted molar refractivity (Wildman–Crippen MR) is 82.8 cm³/mol. The highest BCUT2D eigenvalue weighted by Gasteiger charge is 2.28. The van der Waals surface area contributed by atoms with Gasteiger partial charge in [0.25, 0.3) is 5.91 Å². The molecule has 0 unspecified atom stereocenters. The van der Waals surface area contributed by atoms with Crippen LogP contribution >= 0.6 is 0 Å². The van der Waals surface area contributed by atoms with Crippen LogP contribution in [0.4, 0.5) is 4.39 Å². The van der Waals surface area contributed by atoms with Gasteiger partial charge in [-0.25, -0.2) is 4.39 Å². The van der Waals surface area contributed by atoms with E-state index in [9.17, 15) is 18.8 Å². The molecule has 1 aromatic rings. The Kier molecular flexibility index (Phi) is 5.83. The fourth-order valence-electron chi connectivity index (χ4n) is 2.96. The molecule has 24 heavy (non-hydrogen) atoms. The van der Waals surface area contributed by atoms with Crippen molar-refractivity contribution in [2.24, 2.45) is 0 Å². The molecule has 0 aromatic carbocycles. The smallest absolute Gasteiger partial charge is 0.323 e. The number of carbonyl (C=O) groups is 3. The molecule has 0 spiro atoms. The van der Waals surface area contributed by atoms with E-state index in [4.69, 9.17) is 5.11 Å². The van der Waals surface area contributed by atoms with Gasteiger partial charge in [0.05, 0.1) is 11.8 Å². The van der Waals surface area contributed by atoms with Crippen LogP contribution in [0.15, 0.2) is 18.5 Å². The second-order valence-corrected chi connectivity index (χ2v) is 5.77. The second kappa shape index (κ2) is 7.85. The van der Waals surface area contributed by atoms with Crippen LogP contribution in [0.1, 0.15) is 36.5 Å². The molecule has 1 atom stereocenters. The summed E-state index contributed by atoms with van der Waals surface area (Å²) >= 11 is 0. The Labute approximate surface area is 139 Å². The fourth-order valence-corrected chi connectivity index (χ4v) is 2.96. The molecule has 1 aliphatic heterocycles. The highest BCUT2D eigenvalue weighted by Crippen LogP contribution is 2.19. The van der Waals surface area contributed by atoms with Crippen molar-refractivity contribution in [2.45, 2.75) is 32.2 Å². The number of amides is 2. The Balaban J connectivity index is 2.07. The maximum atomic E-state index is 13.7. The van der Waals surface area contributed by atoms with Gasteiger partial charge in [-0.05, 0) is 25.3 Å². The Morgan fingerprint density at radius 2 is 2.12 bits per heavy atom. The quantitative estimate of drug-likeness (QED) is 0.890. The van der Waals surface area contributed by atoms with Gasteiger partial charge in [-0.15, -0.1) is 0 Å². The number of aromatic nitrogens is 1. The SMILES string of the molecule is CC(=O)N(CC(=O)O)[C@@H]1CCCN(C(=O)c2ccncc2F)CC1. The van der Waals surface area contributed by atoms with E-state index in [1.807, 2.05) is 0 Å². The minimum absolute atomic E-state index is 0.0302. The van der Waals surface area contributed by atoms with E-state index in [1.54, 1.807) is 0 Å². The third-order valence-electron chi connectivity index (χ3n) is 4.14. The number of halogens is 1. The van der Waals surface area contributed by atoms with E-state index in [0.29, 0.717) is 32.4 Å². The summed E-state index contributed by atoms with van der Waals surface area (Å²) in [7, 11) is 0. The topological polar surface area (TPSA) is 90.8 Å². The first-order chi connectivity index (χ1) is 11.4. The minimum atomic E-state index is -1.07. The molecule has 0 radical (unpaired) electrons. The number of rotatable bonds is 4. The summed E-state index contributed by atoms with van der Waals surface area (Å²) in [6.45, 7) is 1.76. The number of carbonyl (C=O) groups excluding carboxylic acids is 2. The zero-order chi connectivity index (χ0) is 17.7.